The molecule has 1 aromatic heterocycles. The second-order valence-electron chi connectivity index (χ2n) is 5.06. The van der Waals surface area contributed by atoms with Gasteiger partial charge >= 0.3 is 12.4 Å². The molecule has 0 aliphatic rings. The van der Waals surface area contributed by atoms with Crippen molar-refractivity contribution in [2.75, 3.05) is 0 Å². The summed E-state index contributed by atoms with van der Waals surface area (Å²) in [5, 5.41) is 7.41. The molecule has 0 unspecified atom stereocenters. The number of hydrogen-bond donors (Lipinski definition) is 0. The molecule has 3 rings (SSSR count). The van der Waals surface area contributed by atoms with Crippen LogP contribution in [0.25, 0.3) is 22.9 Å². The third-order valence-electron chi connectivity index (χ3n) is 3.34. The summed E-state index contributed by atoms with van der Waals surface area (Å²) in [7, 11) is 0. The fourth-order valence-electron chi connectivity index (χ4n) is 2.06. The molecule has 2 aromatic carbocycles. The van der Waals surface area contributed by atoms with Crippen LogP contribution < -0.4 is 0 Å². The van der Waals surface area contributed by atoms with Crippen LogP contribution >= 0.6 is 0 Å². The lowest BCUT2D eigenvalue weighted by Crippen LogP contribution is -2.04. The molecule has 0 bridgehead atoms. The van der Waals surface area contributed by atoms with Gasteiger partial charge in [0.2, 0.25) is 11.8 Å². The number of benzene rings is 2. The van der Waals surface area contributed by atoms with Crippen LogP contribution in [0.3, 0.4) is 0 Å². The number of nitrogens with zero attached hydrogens (tertiary/aromatic N) is 2. The van der Waals surface area contributed by atoms with Gasteiger partial charge in [0.1, 0.15) is 0 Å². The number of aromatic nitrogens is 2. The van der Waals surface area contributed by atoms with Gasteiger partial charge in [-0.3, -0.25) is 0 Å². The van der Waals surface area contributed by atoms with Gasteiger partial charge in [-0.05, 0) is 48.5 Å². The van der Waals surface area contributed by atoms with Gasteiger partial charge in [-0.25, -0.2) is 0 Å². The standard InChI is InChI=1S/C16H8F6N2O/c17-15(18,19)11-5-1-9(2-6-11)13-23-24-14(25-13)10-3-7-12(8-4-10)16(20,21)22/h1-8H. The molecule has 0 radical (unpaired) electrons. The third-order valence-corrected chi connectivity index (χ3v) is 3.34. The summed E-state index contributed by atoms with van der Waals surface area (Å²) in [6, 6.07) is 8.18. The van der Waals surface area contributed by atoms with Crippen molar-refractivity contribution in [3.8, 4) is 22.9 Å². The first kappa shape index (κ1) is 17.0. The summed E-state index contributed by atoms with van der Waals surface area (Å²) in [6.45, 7) is 0. The molecule has 0 atom stereocenters. The Balaban J connectivity index is 1.85. The lowest BCUT2D eigenvalue weighted by Gasteiger charge is -2.06. The van der Waals surface area contributed by atoms with Crippen LogP contribution in [0, 0.1) is 0 Å². The molecule has 130 valence electrons. The van der Waals surface area contributed by atoms with Gasteiger partial charge in [-0.1, -0.05) is 0 Å². The van der Waals surface area contributed by atoms with Gasteiger partial charge in [-0.15, -0.1) is 10.2 Å². The second-order valence-corrected chi connectivity index (χ2v) is 5.06. The maximum atomic E-state index is 12.5. The first-order valence-corrected chi connectivity index (χ1v) is 6.83. The van der Waals surface area contributed by atoms with Gasteiger partial charge in [0, 0.05) is 11.1 Å². The molecular weight excluding hydrogens is 350 g/mol. The van der Waals surface area contributed by atoms with Gasteiger partial charge in [0.15, 0.2) is 0 Å². The van der Waals surface area contributed by atoms with Gasteiger partial charge < -0.3 is 4.42 Å². The summed E-state index contributed by atoms with van der Waals surface area (Å²) in [5.41, 5.74) is -1.12. The minimum atomic E-state index is -4.46. The summed E-state index contributed by atoms with van der Waals surface area (Å²) < 4.78 is 80.5. The second kappa shape index (κ2) is 5.91. The Morgan fingerprint density at radius 2 is 0.880 bits per heavy atom. The molecule has 3 nitrogen and oxygen atoms in total. The van der Waals surface area contributed by atoms with E-state index in [-0.39, 0.29) is 22.9 Å². The van der Waals surface area contributed by atoms with E-state index in [1.54, 1.807) is 0 Å². The number of halogens is 6. The molecule has 0 spiro atoms. The summed E-state index contributed by atoms with van der Waals surface area (Å²) >= 11 is 0. The Morgan fingerprint density at radius 1 is 0.560 bits per heavy atom. The lowest BCUT2D eigenvalue weighted by atomic mass is 10.1. The summed E-state index contributed by atoms with van der Waals surface area (Å²) in [5.74, 6) is -0.0766. The monoisotopic (exact) mass is 358 g/mol. The van der Waals surface area contributed by atoms with E-state index in [4.69, 9.17) is 4.42 Å². The fraction of sp³-hybridized carbons (Fsp3) is 0.125. The Kier molecular flexibility index (Phi) is 4.02. The van der Waals surface area contributed by atoms with Gasteiger partial charge in [0.05, 0.1) is 11.1 Å². The maximum absolute atomic E-state index is 12.5. The molecule has 0 amide bonds. The van der Waals surface area contributed by atoms with E-state index >= 15 is 0 Å². The first-order chi connectivity index (χ1) is 11.6. The zero-order chi connectivity index (χ0) is 18.2. The van der Waals surface area contributed by atoms with Gasteiger partial charge in [0.25, 0.3) is 0 Å². The van der Waals surface area contributed by atoms with Crippen LogP contribution in [0.5, 0.6) is 0 Å². The van der Waals surface area contributed by atoms with Crippen molar-refractivity contribution in [3.05, 3.63) is 59.7 Å². The van der Waals surface area contributed by atoms with Crippen molar-refractivity contribution in [3.63, 3.8) is 0 Å². The zero-order valence-electron chi connectivity index (χ0n) is 12.2. The topological polar surface area (TPSA) is 38.9 Å². The predicted octanol–water partition coefficient (Wildman–Crippen LogP) is 5.44. The van der Waals surface area contributed by atoms with Crippen molar-refractivity contribution in [2.45, 2.75) is 12.4 Å². The molecule has 0 saturated carbocycles. The normalized spacial score (nSPS) is 12.4. The number of hydrogen-bond acceptors (Lipinski definition) is 3. The minimum absolute atomic E-state index is 0.0383. The van der Waals surface area contributed by atoms with E-state index in [2.05, 4.69) is 10.2 Å². The minimum Gasteiger partial charge on any atom is -0.416 e. The Labute approximate surface area is 136 Å². The van der Waals surface area contributed by atoms with E-state index in [1.165, 1.54) is 24.3 Å². The molecule has 0 saturated heterocycles. The van der Waals surface area contributed by atoms with Crippen LogP contribution in [0.1, 0.15) is 11.1 Å². The SMILES string of the molecule is FC(F)(F)c1ccc(-c2nnc(-c3ccc(C(F)(F)F)cc3)o2)cc1. The third kappa shape index (κ3) is 3.65. The molecule has 9 heteroatoms. The average Bonchev–Trinajstić information content (AvgIpc) is 3.03. The molecule has 0 aliphatic carbocycles. The van der Waals surface area contributed by atoms with Crippen molar-refractivity contribution in [1.82, 2.24) is 10.2 Å². The van der Waals surface area contributed by atoms with Crippen molar-refractivity contribution in [2.24, 2.45) is 0 Å². The number of alkyl halides is 6. The maximum Gasteiger partial charge on any atom is 0.416 e. The van der Waals surface area contributed by atoms with Crippen LogP contribution in [0.2, 0.25) is 0 Å². The van der Waals surface area contributed by atoms with E-state index in [0.717, 1.165) is 24.3 Å². The van der Waals surface area contributed by atoms with E-state index in [0.29, 0.717) is 0 Å². The van der Waals surface area contributed by atoms with Crippen molar-refractivity contribution < 1.29 is 30.8 Å². The van der Waals surface area contributed by atoms with E-state index in [9.17, 15) is 26.3 Å². The van der Waals surface area contributed by atoms with Gasteiger partial charge in [-0.2, -0.15) is 26.3 Å². The molecule has 0 fully saturated rings. The van der Waals surface area contributed by atoms with E-state index in [1.807, 2.05) is 0 Å². The Morgan fingerprint density at radius 3 is 1.16 bits per heavy atom. The molecule has 0 N–H and O–H groups in total. The molecule has 0 aliphatic heterocycles. The quantitative estimate of drug-likeness (QED) is 0.573. The van der Waals surface area contributed by atoms with Crippen LogP contribution in [0.4, 0.5) is 26.3 Å². The van der Waals surface area contributed by atoms with Crippen LogP contribution in [0.15, 0.2) is 52.9 Å². The summed E-state index contributed by atoms with van der Waals surface area (Å²) in [4.78, 5) is 0. The lowest BCUT2D eigenvalue weighted by molar-refractivity contribution is -0.138. The van der Waals surface area contributed by atoms with Crippen molar-refractivity contribution >= 4 is 0 Å². The molecule has 1 heterocycles. The molecular formula is C16H8F6N2O. The average molecular weight is 358 g/mol. The Bertz CT molecular complexity index is 791. The summed E-state index contributed by atoms with van der Waals surface area (Å²) in [6.07, 6.45) is -8.92. The smallest absolute Gasteiger partial charge is 0.416 e. The molecule has 3 aromatic rings. The van der Waals surface area contributed by atoms with Crippen LogP contribution in [-0.4, -0.2) is 10.2 Å². The zero-order valence-corrected chi connectivity index (χ0v) is 12.2. The fourth-order valence-corrected chi connectivity index (χ4v) is 2.06. The largest absolute Gasteiger partial charge is 0.416 e. The van der Waals surface area contributed by atoms with Crippen molar-refractivity contribution in [1.29, 1.82) is 0 Å². The highest BCUT2D eigenvalue weighted by Gasteiger charge is 2.31. The highest BCUT2D eigenvalue weighted by atomic mass is 19.4. The Hall–Kier alpha value is -2.84. The highest BCUT2D eigenvalue weighted by molar-refractivity contribution is 5.58. The van der Waals surface area contributed by atoms with Crippen LogP contribution in [-0.2, 0) is 12.4 Å². The molecule has 25 heavy (non-hydrogen) atoms. The van der Waals surface area contributed by atoms with E-state index < -0.39 is 23.5 Å². The first-order valence-electron chi connectivity index (χ1n) is 6.83. The number of rotatable bonds is 2. The predicted molar refractivity (Wildman–Crippen MR) is 75.2 cm³/mol. The highest BCUT2D eigenvalue weighted by Crippen LogP contribution is 2.33.